The summed E-state index contributed by atoms with van der Waals surface area (Å²) in [5.74, 6) is 0.863. The van der Waals surface area contributed by atoms with Crippen molar-refractivity contribution in [2.75, 3.05) is 33.3 Å². The van der Waals surface area contributed by atoms with Gasteiger partial charge in [0.2, 0.25) is 0 Å². The van der Waals surface area contributed by atoms with Crippen molar-refractivity contribution < 1.29 is 4.74 Å². The molecule has 1 aliphatic heterocycles. The molecule has 0 radical (unpaired) electrons. The van der Waals surface area contributed by atoms with Crippen LogP contribution in [0.2, 0.25) is 10.0 Å². The van der Waals surface area contributed by atoms with E-state index in [0.717, 1.165) is 37.5 Å². The molecule has 23 heavy (non-hydrogen) atoms. The third-order valence-corrected chi connectivity index (χ3v) is 4.95. The van der Waals surface area contributed by atoms with Gasteiger partial charge >= 0.3 is 0 Å². The van der Waals surface area contributed by atoms with E-state index in [1.807, 2.05) is 24.3 Å². The van der Waals surface area contributed by atoms with Gasteiger partial charge in [-0.15, -0.1) is 0 Å². The van der Waals surface area contributed by atoms with Gasteiger partial charge in [-0.2, -0.15) is 0 Å². The number of piperazine rings is 1. The van der Waals surface area contributed by atoms with E-state index in [1.54, 1.807) is 7.11 Å². The third-order valence-electron chi connectivity index (χ3n) is 4.21. The summed E-state index contributed by atoms with van der Waals surface area (Å²) in [5.41, 5.74) is 2.39. The van der Waals surface area contributed by atoms with E-state index in [9.17, 15) is 0 Å². The molecule has 1 unspecified atom stereocenters. The van der Waals surface area contributed by atoms with Crippen molar-refractivity contribution in [3.05, 3.63) is 63.6 Å². The second kappa shape index (κ2) is 7.54. The van der Waals surface area contributed by atoms with Crippen molar-refractivity contribution in [3.63, 3.8) is 0 Å². The summed E-state index contributed by atoms with van der Waals surface area (Å²) < 4.78 is 5.27. The Hall–Kier alpha value is -1.26. The first-order valence-corrected chi connectivity index (χ1v) is 8.48. The number of nitrogens with zero attached hydrogens (tertiary/aromatic N) is 1. The van der Waals surface area contributed by atoms with Crippen molar-refractivity contribution in [3.8, 4) is 5.75 Å². The normalized spacial score (nSPS) is 17.0. The molecule has 1 fully saturated rings. The molecule has 0 amide bonds. The van der Waals surface area contributed by atoms with E-state index in [1.165, 1.54) is 5.56 Å². The van der Waals surface area contributed by atoms with Gasteiger partial charge in [-0.25, -0.2) is 0 Å². The first-order valence-electron chi connectivity index (χ1n) is 7.72. The summed E-state index contributed by atoms with van der Waals surface area (Å²) in [6.07, 6.45) is 0. The van der Waals surface area contributed by atoms with Gasteiger partial charge in [-0.3, -0.25) is 4.90 Å². The predicted octanol–water partition coefficient (Wildman–Crippen LogP) is 4.00. The number of methoxy groups -OCH3 is 1. The Kier molecular flexibility index (Phi) is 5.44. The predicted molar refractivity (Wildman–Crippen MR) is 95.7 cm³/mol. The fourth-order valence-corrected chi connectivity index (χ4v) is 3.33. The fraction of sp³-hybridized carbons (Fsp3) is 0.333. The molecule has 0 aliphatic carbocycles. The smallest absolute Gasteiger partial charge is 0.118 e. The first kappa shape index (κ1) is 16.6. The van der Waals surface area contributed by atoms with Crippen LogP contribution in [0.25, 0.3) is 0 Å². The van der Waals surface area contributed by atoms with Gasteiger partial charge in [-0.1, -0.05) is 41.4 Å². The monoisotopic (exact) mass is 350 g/mol. The lowest BCUT2D eigenvalue weighted by atomic mass is 9.96. The molecule has 1 N–H and O–H groups in total. The van der Waals surface area contributed by atoms with Gasteiger partial charge in [0, 0.05) is 26.2 Å². The lowest BCUT2D eigenvalue weighted by Gasteiger charge is -2.35. The topological polar surface area (TPSA) is 24.5 Å². The minimum absolute atomic E-state index is 0.165. The number of rotatable bonds is 4. The van der Waals surface area contributed by atoms with Gasteiger partial charge in [0.15, 0.2) is 0 Å². The van der Waals surface area contributed by atoms with Crippen molar-refractivity contribution in [1.29, 1.82) is 0 Å². The molecule has 0 spiro atoms. The Morgan fingerprint density at radius 2 is 1.61 bits per heavy atom. The number of nitrogens with one attached hydrogen (secondary N) is 1. The molecular formula is C18H20Cl2N2O. The summed E-state index contributed by atoms with van der Waals surface area (Å²) in [4.78, 5) is 2.47. The SMILES string of the molecule is COc1ccc(C(c2ccc(Cl)c(Cl)c2)N2CCNCC2)cc1. The summed E-state index contributed by atoms with van der Waals surface area (Å²) in [6.45, 7) is 3.98. The number of hydrogen-bond acceptors (Lipinski definition) is 3. The standard InChI is InChI=1S/C18H20Cl2N2O/c1-23-15-5-2-13(3-6-15)18(22-10-8-21-9-11-22)14-4-7-16(19)17(20)12-14/h2-7,12,18,21H,8-11H2,1H3. The Morgan fingerprint density at radius 3 is 2.22 bits per heavy atom. The molecule has 0 saturated carbocycles. The summed E-state index contributed by atoms with van der Waals surface area (Å²) in [7, 11) is 1.68. The molecule has 1 aliphatic rings. The second-order valence-electron chi connectivity index (χ2n) is 5.64. The van der Waals surface area contributed by atoms with Gasteiger partial charge in [0.1, 0.15) is 5.75 Å². The van der Waals surface area contributed by atoms with Gasteiger partial charge in [0.25, 0.3) is 0 Å². The molecule has 122 valence electrons. The molecule has 2 aromatic carbocycles. The number of benzene rings is 2. The van der Waals surface area contributed by atoms with Gasteiger partial charge < -0.3 is 10.1 Å². The largest absolute Gasteiger partial charge is 0.497 e. The van der Waals surface area contributed by atoms with E-state index >= 15 is 0 Å². The number of halogens is 2. The molecule has 2 aromatic rings. The van der Waals surface area contributed by atoms with Crippen LogP contribution in [0.15, 0.2) is 42.5 Å². The molecule has 3 rings (SSSR count). The molecule has 1 atom stereocenters. The summed E-state index contributed by atoms with van der Waals surface area (Å²) in [5, 5.41) is 4.58. The molecule has 1 saturated heterocycles. The van der Waals surface area contributed by atoms with Crippen LogP contribution in [0.4, 0.5) is 0 Å². The maximum atomic E-state index is 6.25. The van der Waals surface area contributed by atoms with Crippen LogP contribution in [-0.4, -0.2) is 38.2 Å². The summed E-state index contributed by atoms with van der Waals surface area (Å²) >= 11 is 12.3. The molecule has 5 heteroatoms. The van der Waals surface area contributed by atoms with Crippen molar-refractivity contribution in [2.24, 2.45) is 0 Å². The Bertz CT molecular complexity index is 655. The van der Waals surface area contributed by atoms with Crippen LogP contribution < -0.4 is 10.1 Å². The van der Waals surface area contributed by atoms with Crippen LogP contribution in [-0.2, 0) is 0 Å². The lowest BCUT2D eigenvalue weighted by Crippen LogP contribution is -2.45. The van der Waals surface area contributed by atoms with Gasteiger partial charge in [-0.05, 0) is 35.4 Å². The summed E-state index contributed by atoms with van der Waals surface area (Å²) in [6, 6.07) is 14.3. The van der Waals surface area contributed by atoms with Crippen LogP contribution in [0.5, 0.6) is 5.75 Å². The highest BCUT2D eigenvalue weighted by Gasteiger charge is 2.24. The average Bonchev–Trinajstić information content (AvgIpc) is 2.60. The fourth-order valence-electron chi connectivity index (χ4n) is 3.02. The van der Waals surface area contributed by atoms with E-state index in [0.29, 0.717) is 10.0 Å². The van der Waals surface area contributed by atoms with E-state index < -0.39 is 0 Å². The van der Waals surface area contributed by atoms with Crippen LogP contribution in [0, 0.1) is 0 Å². The Labute approximate surface area is 147 Å². The van der Waals surface area contributed by atoms with Crippen LogP contribution >= 0.6 is 23.2 Å². The molecule has 1 heterocycles. The molecule has 3 nitrogen and oxygen atoms in total. The minimum Gasteiger partial charge on any atom is -0.497 e. The number of ether oxygens (including phenoxy) is 1. The van der Waals surface area contributed by atoms with Gasteiger partial charge in [0.05, 0.1) is 23.2 Å². The second-order valence-corrected chi connectivity index (χ2v) is 6.45. The third kappa shape index (κ3) is 3.81. The van der Waals surface area contributed by atoms with E-state index in [4.69, 9.17) is 27.9 Å². The highest BCUT2D eigenvalue weighted by Crippen LogP contribution is 2.33. The average molecular weight is 351 g/mol. The lowest BCUT2D eigenvalue weighted by molar-refractivity contribution is 0.198. The first-order chi connectivity index (χ1) is 11.2. The van der Waals surface area contributed by atoms with Crippen LogP contribution in [0.1, 0.15) is 17.2 Å². The molecule has 0 bridgehead atoms. The van der Waals surface area contributed by atoms with Crippen molar-refractivity contribution >= 4 is 23.2 Å². The van der Waals surface area contributed by atoms with Crippen LogP contribution in [0.3, 0.4) is 0 Å². The van der Waals surface area contributed by atoms with E-state index in [2.05, 4.69) is 28.4 Å². The highest BCUT2D eigenvalue weighted by atomic mass is 35.5. The quantitative estimate of drug-likeness (QED) is 0.901. The Balaban J connectivity index is 1.99. The number of hydrogen-bond donors (Lipinski definition) is 1. The zero-order chi connectivity index (χ0) is 16.2. The highest BCUT2D eigenvalue weighted by molar-refractivity contribution is 6.42. The van der Waals surface area contributed by atoms with Crippen molar-refractivity contribution in [1.82, 2.24) is 10.2 Å². The maximum Gasteiger partial charge on any atom is 0.118 e. The van der Waals surface area contributed by atoms with E-state index in [-0.39, 0.29) is 6.04 Å². The maximum absolute atomic E-state index is 6.25. The minimum atomic E-state index is 0.165. The molecule has 0 aromatic heterocycles. The zero-order valence-electron chi connectivity index (χ0n) is 13.1. The Morgan fingerprint density at radius 1 is 0.957 bits per heavy atom. The van der Waals surface area contributed by atoms with Crippen molar-refractivity contribution in [2.45, 2.75) is 6.04 Å². The zero-order valence-corrected chi connectivity index (χ0v) is 14.6. The molecular weight excluding hydrogens is 331 g/mol.